The van der Waals surface area contributed by atoms with E-state index in [1.54, 1.807) is 12.1 Å². The number of non-ortho nitro benzene ring substituents is 1. The minimum atomic E-state index is -0.452. The molecule has 0 amide bonds. The average Bonchev–Trinajstić information content (AvgIpc) is 3.02. The largest absolute Gasteiger partial charge is 0.491 e. The highest BCUT2D eigenvalue weighted by molar-refractivity contribution is 5.69. The zero-order valence-electron chi connectivity index (χ0n) is 26.7. The van der Waals surface area contributed by atoms with E-state index in [2.05, 4.69) is 6.92 Å². The van der Waals surface area contributed by atoms with Crippen LogP contribution in [-0.2, 0) is 38.0 Å². The van der Waals surface area contributed by atoms with Gasteiger partial charge in [0.1, 0.15) is 19.0 Å². The Balaban J connectivity index is 1.70. The fraction of sp³-hybridized carbons (Fsp3) is 0.781. The first kappa shape index (κ1) is 39.7. The second-order valence-corrected chi connectivity index (χ2v) is 10.1. The summed E-state index contributed by atoms with van der Waals surface area (Å²) >= 11 is 0. The van der Waals surface area contributed by atoms with Crippen molar-refractivity contribution < 1.29 is 47.6 Å². The molecule has 0 heterocycles. The van der Waals surface area contributed by atoms with Crippen LogP contribution in [0.5, 0.6) is 5.75 Å². The Morgan fingerprint density at radius 3 is 1.39 bits per heavy atom. The van der Waals surface area contributed by atoms with Crippen LogP contribution in [0.25, 0.3) is 0 Å². The zero-order chi connectivity index (χ0) is 31.8. The number of ether oxygens (including phenoxy) is 8. The quantitative estimate of drug-likeness (QED) is 0.0420. The number of nitro benzene ring substituents is 1. The third kappa shape index (κ3) is 26.1. The lowest BCUT2D eigenvalue weighted by Crippen LogP contribution is -2.15. The first-order chi connectivity index (χ1) is 21.6. The van der Waals surface area contributed by atoms with Crippen LogP contribution >= 0.6 is 0 Å². The molecule has 0 unspecified atom stereocenters. The monoisotopic (exact) mass is 629 g/mol. The van der Waals surface area contributed by atoms with Crippen molar-refractivity contribution >= 4 is 11.7 Å². The Morgan fingerprint density at radius 1 is 0.568 bits per heavy atom. The Bertz CT molecular complexity index is 795. The topological polar surface area (TPSA) is 134 Å². The van der Waals surface area contributed by atoms with Gasteiger partial charge in [0, 0.05) is 18.6 Å². The van der Waals surface area contributed by atoms with Crippen LogP contribution < -0.4 is 4.74 Å². The zero-order valence-corrected chi connectivity index (χ0v) is 26.7. The molecule has 1 aromatic carbocycles. The maximum atomic E-state index is 11.8. The molecule has 0 saturated carbocycles. The van der Waals surface area contributed by atoms with Crippen molar-refractivity contribution in [1.82, 2.24) is 0 Å². The van der Waals surface area contributed by atoms with Crippen molar-refractivity contribution in [2.24, 2.45) is 0 Å². The number of benzene rings is 1. The Labute approximate surface area is 263 Å². The average molecular weight is 630 g/mol. The number of nitrogens with zero attached hydrogens (tertiary/aromatic N) is 1. The van der Waals surface area contributed by atoms with Gasteiger partial charge in [-0.05, 0) is 18.6 Å². The van der Waals surface area contributed by atoms with Crippen molar-refractivity contribution in [1.29, 1.82) is 0 Å². The predicted molar refractivity (Wildman–Crippen MR) is 166 cm³/mol. The van der Waals surface area contributed by atoms with Crippen molar-refractivity contribution in [3.05, 3.63) is 34.4 Å². The van der Waals surface area contributed by atoms with Gasteiger partial charge < -0.3 is 37.9 Å². The maximum absolute atomic E-state index is 11.8. The molecule has 0 aliphatic carbocycles. The lowest BCUT2D eigenvalue weighted by Gasteiger charge is -2.09. The number of hydrogen-bond donors (Lipinski definition) is 0. The fourth-order valence-electron chi connectivity index (χ4n) is 3.95. The summed E-state index contributed by atoms with van der Waals surface area (Å²) in [6, 6.07) is 5.91. The molecule has 0 spiro atoms. The van der Waals surface area contributed by atoms with Gasteiger partial charge in [0.25, 0.3) is 5.69 Å². The van der Waals surface area contributed by atoms with Crippen LogP contribution in [0.1, 0.15) is 71.1 Å². The molecule has 0 aromatic heterocycles. The standard InChI is InChI=1S/C32H55NO11/c1-2-3-4-5-6-7-8-9-10-11-32(34)44-29-27-42-25-23-40-21-19-38-17-16-37-18-20-39-22-24-41-26-28-43-31-14-12-30(13-15-31)33(35)36/h12-15H,2-11,16-29H2,1H3. The summed E-state index contributed by atoms with van der Waals surface area (Å²) < 4.78 is 43.3. The third-order valence-corrected chi connectivity index (χ3v) is 6.38. The molecule has 0 aliphatic heterocycles. The summed E-state index contributed by atoms with van der Waals surface area (Å²) in [7, 11) is 0. The molecule has 0 N–H and O–H groups in total. The van der Waals surface area contributed by atoms with Gasteiger partial charge in [-0.25, -0.2) is 0 Å². The smallest absolute Gasteiger partial charge is 0.305 e. The number of unbranched alkanes of at least 4 members (excludes halogenated alkanes) is 8. The summed E-state index contributed by atoms with van der Waals surface area (Å²) in [5.41, 5.74) is 0.0259. The van der Waals surface area contributed by atoms with Crippen LogP contribution in [0.15, 0.2) is 24.3 Å². The van der Waals surface area contributed by atoms with Gasteiger partial charge >= 0.3 is 5.97 Å². The number of nitro groups is 1. The SMILES string of the molecule is CCCCCCCCCCCC(=O)OCCOCCOCCOCCOCCOCCOCCOc1ccc([N+](=O)[O-])cc1. The van der Waals surface area contributed by atoms with Crippen LogP contribution in [0, 0.1) is 10.1 Å². The molecule has 0 radical (unpaired) electrons. The molecule has 44 heavy (non-hydrogen) atoms. The maximum Gasteiger partial charge on any atom is 0.305 e. The van der Waals surface area contributed by atoms with Crippen LogP contribution in [0.2, 0.25) is 0 Å². The van der Waals surface area contributed by atoms with Crippen LogP contribution in [0.3, 0.4) is 0 Å². The minimum Gasteiger partial charge on any atom is -0.491 e. The summed E-state index contributed by atoms with van der Waals surface area (Å²) in [6.45, 7) is 8.23. The molecular formula is C32H55NO11. The fourth-order valence-corrected chi connectivity index (χ4v) is 3.95. The Morgan fingerprint density at radius 2 is 0.955 bits per heavy atom. The molecule has 0 saturated heterocycles. The second-order valence-electron chi connectivity index (χ2n) is 10.1. The van der Waals surface area contributed by atoms with Gasteiger partial charge in [-0.2, -0.15) is 0 Å². The molecule has 0 aliphatic rings. The summed E-state index contributed by atoms with van der Waals surface area (Å²) in [5.74, 6) is 0.412. The molecule has 0 bridgehead atoms. The van der Waals surface area contributed by atoms with E-state index in [-0.39, 0.29) is 18.3 Å². The van der Waals surface area contributed by atoms with Crippen LogP contribution in [-0.4, -0.2) is 103 Å². The van der Waals surface area contributed by atoms with Crippen LogP contribution in [0.4, 0.5) is 5.69 Å². The van der Waals surface area contributed by atoms with E-state index in [0.29, 0.717) is 98.1 Å². The second kappa shape index (κ2) is 30.7. The highest BCUT2D eigenvalue weighted by atomic mass is 16.6. The molecule has 254 valence electrons. The lowest BCUT2D eigenvalue weighted by molar-refractivity contribution is -0.384. The number of carbonyl (C=O) groups excluding carboxylic acids is 1. The number of carbonyl (C=O) groups is 1. The van der Waals surface area contributed by atoms with Gasteiger partial charge in [0.15, 0.2) is 0 Å². The van der Waals surface area contributed by atoms with E-state index in [1.807, 2.05) is 0 Å². The molecule has 12 heteroatoms. The van der Waals surface area contributed by atoms with Gasteiger partial charge in [0.2, 0.25) is 0 Å². The van der Waals surface area contributed by atoms with E-state index in [9.17, 15) is 14.9 Å². The van der Waals surface area contributed by atoms with E-state index < -0.39 is 4.92 Å². The normalized spacial score (nSPS) is 11.1. The van der Waals surface area contributed by atoms with E-state index >= 15 is 0 Å². The highest BCUT2D eigenvalue weighted by Crippen LogP contribution is 2.17. The molecule has 1 aromatic rings. The Hall–Kier alpha value is -2.35. The summed E-state index contributed by atoms with van der Waals surface area (Å²) in [4.78, 5) is 21.9. The van der Waals surface area contributed by atoms with Gasteiger partial charge in [-0.15, -0.1) is 0 Å². The van der Waals surface area contributed by atoms with E-state index in [1.165, 1.54) is 57.1 Å². The molecule has 0 fully saturated rings. The summed E-state index contributed by atoms with van der Waals surface area (Å²) in [5, 5.41) is 10.6. The Kier molecular flexibility index (Phi) is 27.7. The molecule has 12 nitrogen and oxygen atoms in total. The van der Waals surface area contributed by atoms with E-state index in [4.69, 9.17) is 37.9 Å². The van der Waals surface area contributed by atoms with Gasteiger partial charge in [-0.1, -0.05) is 58.3 Å². The molecular weight excluding hydrogens is 574 g/mol. The number of rotatable bonds is 33. The van der Waals surface area contributed by atoms with Gasteiger partial charge in [-0.3, -0.25) is 14.9 Å². The first-order valence-electron chi connectivity index (χ1n) is 16.1. The van der Waals surface area contributed by atoms with Crippen molar-refractivity contribution in [3.8, 4) is 5.75 Å². The highest BCUT2D eigenvalue weighted by Gasteiger charge is 2.05. The summed E-state index contributed by atoms with van der Waals surface area (Å²) in [6.07, 6.45) is 11.5. The van der Waals surface area contributed by atoms with Gasteiger partial charge in [0.05, 0.1) is 84.2 Å². The van der Waals surface area contributed by atoms with Crippen molar-refractivity contribution in [2.45, 2.75) is 71.1 Å². The lowest BCUT2D eigenvalue weighted by atomic mass is 10.1. The van der Waals surface area contributed by atoms with E-state index in [0.717, 1.165) is 12.8 Å². The minimum absolute atomic E-state index is 0.0259. The predicted octanol–water partition coefficient (Wildman–Crippen LogP) is 5.54. The van der Waals surface area contributed by atoms with Crippen molar-refractivity contribution in [3.63, 3.8) is 0 Å². The number of hydrogen-bond acceptors (Lipinski definition) is 11. The molecule has 1 rings (SSSR count). The third-order valence-electron chi connectivity index (χ3n) is 6.38. The molecule has 0 atom stereocenters. The first-order valence-corrected chi connectivity index (χ1v) is 16.1. The number of esters is 1. The van der Waals surface area contributed by atoms with Crippen molar-refractivity contribution in [2.75, 3.05) is 92.5 Å².